The lowest BCUT2D eigenvalue weighted by Gasteiger charge is -2.35. The lowest BCUT2D eigenvalue weighted by molar-refractivity contribution is -0.0242. The number of carbonyl (C=O) groups excluding carboxylic acids is 1. The van der Waals surface area contributed by atoms with Crippen molar-refractivity contribution in [2.45, 2.75) is 39.1 Å². The summed E-state index contributed by atoms with van der Waals surface area (Å²) in [5.74, 6) is 1.54. The van der Waals surface area contributed by atoms with Gasteiger partial charge < -0.3 is 24.0 Å². The highest BCUT2D eigenvalue weighted by atomic mass is 16.5. The van der Waals surface area contributed by atoms with Crippen molar-refractivity contribution in [3.05, 3.63) is 120 Å². The number of aryl methyl sites for hydroxylation is 1. The second kappa shape index (κ2) is 13.9. The van der Waals surface area contributed by atoms with Crippen LogP contribution in [-0.2, 0) is 24.9 Å². The number of hydrogen-bond acceptors (Lipinski definition) is 5. The van der Waals surface area contributed by atoms with Crippen LogP contribution < -0.4 is 4.74 Å². The summed E-state index contributed by atoms with van der Waals surface area (Å²) in [6.07, 6.45) is -0.155. The van der Waals surface area contributed by atoms with Gasteiger partial charge in [0.25, 0.3) is 5.91 Å². The summed E-state index contributed by atoms with van der Waals surface area (Å²) in [5.41, 5.74) is 5.77. The minimum atomic E-state index is -0.355. The van der Waals surface area contributed by atoms with Gasteiger partial charge in [0.15, 0.2) is 0 Å². The molecule has 238 valence electrons. The lowest BCUT2D eigenvalue weighted by Crippen LogP contribution is -2.47. The molecule has 0 bridgehead atoms. The largest absolute Gasteiger partial charge is 0.457 e. The van der Waals surface area contributed by atoms with Crippen LogP contribution in [0.15, 0.2) is 103 Å². The molecule has 6 rings (SSSR count). The Balaban J connectivity index is 1.28. The van der Waals surface area contributed by atoms with E-state index in [9.17, 15) is 9.90 Å². The first-order valence-corrected chi connectivity index (χ1v) is 16.0. The van der Waals surface area contributed by atoms with Crippen LogP contribution in [0.5, 0.6) is 11.5 Å². The first-order valence-electron chi connectivity index (χ1n) is 16.0. The smallest absolute Gasteiger partial charge is 0.271 e. The number of ether oxygens (including phenoxy) is 2. The van der Waals surface area contributed by atoms with Crippen molar-refractivity contribution in [2.24, 2.45) is 13.0 Å². The first-order chi connectivity index (χ1) is 22.3. The fourth-order valence-electron chi connectivity index (χ4n) is 6.50. The zero-order chi connectivity index (χ0) is 32.2. The summed E-state index contributed by atoms with van der Waals surface area (Å²) in [6, 6.07) is 34.0. The van der Waals surface area contributed by atoms with Crippen LogP contribution in [0, 0.1) is 5.92 Å². The van der Waals surface area contributed by atoms with Crippen molar-refractivity contribution < 1.29 is 19.4 Å². The SMILES string of the molecule is C[C@@H]1CN([C@@H](C)CO)C(=O)c2c(c3ccccc3n2C)-c2ccccc2CO[C@@H]1CN(C)Cc1ccc(Oc2ccccc2)cc1. The summed E-state index contributed by atoms with van der Waals surface area (Å²) < 4.78 is 14.7. The maximum atomic E-state index is 14.6. The molecule has 1 aliphatic rings. The molecule has 2 heterocycles. The first kappa shape index (κ1) is 31.5. The molecule has 1 amide bonds. The molecule has 0 spiro atoms. The second-order valence-electron chi connectivity index (χ2n) is 12.5. The Labute approximate surface area is 271 Å². The Morgan fingerprint density at radius 2 is 1.61 bits per heavy atom. The van der Waals surface area contributed by atoms with Crippen LogP contribution in [0.4, 0.5) is 0 Å². The van der Waals surface area contributed by atoms with Crippen molar-refractivity contribution in [2.75, 3.05) is 26.7 Å². The number of likely N-dealkylation sites (N-methyl/N-ethyl adjacent to an activating group) is 1. The molecular weight excluding hydrogens is 574 g/mol. The summed E-state index contributed by atoms with van der Waals surface area (Å²) in [7, 11) is 4.06. The Hall–Kier alpha value is -4.43. The van der Waals surface area contributed by atoms with E-state index in [0.29, 0.717) is 25.4 Å². The molecule has 0 unspecified atom stereocenters. The van der Waals surface area contributed by atoms with E-state index in [2.05, 4.69) is 55.3 Å². The van der Waals surface area contributed by atoms with Gasteiger partial charge in [0.1, 0.15) is 17.2 Å². The molecule has 0 radical (unpaired) electrons. The summed E-state index contributed by atoms with van der Waals surface area (Å²) in [6.45, 7) is 6.24. The fourth-order valence-corrected chi connectivity index (χ4v) is 6.50. The van der Waals surface area contributed by atoms with Gasteiger partial charge in [-0.1, -0.05) is 79.7 Å². The third kappa shape index (κ3) is 6.58. The standard InChI is InChI=1S/C39H43N3O4/c1-27-22-42(28(2)25-43)39(44)38-37(34-16-10-11-17-35(34)41(38)4)33-15-9-8-12-30(33)26-45-36(27)24-40(3)23-29-18-20-32(21-19-29)46-31-13-6-5-7-14-31/h5-21,27-28,36,43H,22-26H2,1-4H3/t27-,28+,36-/m1/s1. The maximum Gasteiger partial charge on any atom is 0.271 e. The third-order valence-electron chi connectivity index (χ3n) is 9.07. The second-order valence-corrected chi connectivity index (χ2v) is 12.5. The monoisotopic (exact) mass is 617 g/mol. The van der Waals surface area contributed by atoms with E-state index < -0.39 is 0 Å². The van der Waals surface area contributed by atoms with Crippen LogP contribution >= 0.6 is 0 Å². The highest BCUT2D eigenvalue weighted by molar-refractivity contribution is 6.10. The summed E-state index contributed by atoms with van der Waals surface area (Å²) in [4.78, 5) is 18.7. The minimum absolute atomic E-state index is 0.00504. The number of nitrogens with zero attached hydrogens (tertiary/aromatic N) is 3. The van der Waals surface area contributed by atoms with Gasteiger partial charge in [0.05, 0.1) is 25.4 Å². The Bertz CT molecular complexity index is 1780. The lowest BCUT2D eigenvalue weighted by atomic mass is 9.96. The van der Waals surface area contributed by atoms with E-state index in [4.69, 9.17) is 9.47 Å². The number of carbonyl (C=O) groups is 1. The Morgan fingerprint density at radius 1 is 0.935 bits per heavy atom. The van der Waals surface area contributed by atoms with Gasteiger partial charge in [0.2, 0.25) is 0 Å². The molecule has 4 aromatic carbocycles. The van der Waals surface area contributed by atoms with Crippen molar-refractivity contribution in [1.29, 1.82) is 0 Å². The van der Waals surface area contributed by atoms with E-state index in [1.807, 2.05) is 90.2 Å². The summed E-state index contributed by atoms with van der Waals surface area (Å²) >= 11 is 0. The van der Waals surface area contributed by atoms with Crippen LogP contribution in [0.1, 0.15) is 35.5 Å². The normalized spacial score (nSPS) is 17.8. The molecular formula is C39H43N3O4. The molecule has 0 aliphatic carbocycles. The van der Waals surface area contributed by atoms with Gasteiger partial charge in [-0.3, -0.25) is 9.69 Å². The molecule has 46 heavy (non-hydrogen) atoms. The number of aliphatic hydroxyl groups is 1. The molecule has 1 aromatic heterocycles. The molecule has 0 saturated heterocycles. The number of benzene rings is 4. The zero-order valence-electron chi connectivity index (χ0n) is 27.1. The van der Waals surface area contributed by atoms with Crippen molar-refractivity contribution in [3.8, 4) is 22.6 Å². The average Bonchev–Trinajstić information content (AvgIpc) is 3.37. The predicted molar refractivity (Wildman–Crippen MR) is 183 cm³/mol. The molecule has 1 N–H and O–H groups in total. The van der Waals surface area contributed by atoms with Crippen LogP contribution in [0.2, 0.25) is 0 Å². The van der Waals surface area contributed by atoms with Crippen LogP contribution in [0.3, 0.4) is 0 Å². The summed E-state index contributed by atoms with van der Waals surface area (Å²) in [5, 5.41) is 11.3. The third-order valence-corrected chi connectivity index (χ3v) is 9.07. The molecule has 7 heteroatoms. The van der Waals surface area contributed by atoms with Gasteiger partial charge in [0, 0.05) is 49.1 Å². The number of para-hydroxylation sites is 2. The Morgan fingerprint density at radius 3 is 2.37 bits per heavy atom. The van der Waals surface area contributed by atoms with Gasteiger partial charge in [-0.2, -0.15) is 0 Å². The van der Waals surface area contributed by atoms with Crippen molar-refractivity contribution in [3.63, 3.8) is 0 Å². The molecule has 7 nitrogen and oxygen atoms in total. The number of fused-ring (bicyclic) bond motifs is 5. The van der Waals surface area contributed by atoms with Gasteiger partial charge in [-0.25, -0.2) is 0 Å². The van der Waals surface area contributed by atoms with Crippen LogP contribution in [-0.4, -0.2) is 64.3 Å². The fraction of sp³-hybridized carbons (Fsp3) is 0.308. The van der Waals surface area contributed by atoms with Gasteiger partial charge in [-0.15, -0.1) is 0 Å². The van der Waals surface area contributed by atoms with E-state index in [1.54, 1.807) is 0 Å². The highest BCUT2D eigenvalue weighted by Crippen LogP contribution is 2.38. The molecule has 3 atom stereocenters. The van der Waals surface area contributed by atoms with E-state index in [0.717, 1.165) is 45.6 Å². The quantitative estimate of drug-likeness (QED) is 0.201. The number of aromatic nitrogens is 1. The predicted octanol–water partition coefficient (Wildman–Crippen LogP) is 7.13. The molecule has 5 aromatic rings. The maximum absolute atomic E-state index is 14.6. The topological polar surface area (TPSA) is 67.2 Å². The van der Waals surface area contributed by atoms with E-state index in [1.165, 1.54) is 5.56 Å². The molecule has 1 aliphatic heterocycles. The number of rotatable bonds is 8. The van der Waals surface area contributed by atoms with E-state index >= 15 is 0 Å². The van der Waals surface area contributed by atoms with Crippen molar-refractivity contribution >= 4 is 16.8 Å². The molecule has 0 fully saturated rings. The number of aliphatic hydroxyl groups excluding tert-OH is 1. The number of hydrogen-bond donors (Lipinski definition) is 1. The van der Waals surface area contributed by atoms with E-state index in [-0.39, 0.29) is 30.6 Å². The van der Waals surface area contributed by atoms with Crippen molar-refractivity contribution in [1.82, 2.24) is 14.4 Å². The molecule has 0 saturated carbocycles. The zero-order valence-corrected chi connectivity index (χ0v) is 27.1. The highest BCUT2D eigenvalue weighted by Gasteiger charge is 2.33. The van der Waals surface area contributed by atoms with Crippen LogP contribution in [0.25, 0.3) is 22.0 Å². The Kier molecular flexibility index (Phi) is 9.54. The van der Waals surface area contributed by atoms with Gasteiger partial charge >= 0.3 is 0 Å². The number of amides is 1. The minimum Gasteiger partial charge on any atom is -0.457 e. The average molecular weight is 618 g/mol. The van der Waals surface area contributed by atoms with Gasteiger partial charge in [-0.05, 0) is 61.0 Å².